The van der Waals surface area contributed by atoms with E-state index in [2.05, 4.69) is 69.3 Å². The number of rotatable bonds is 7. The molecule has 1 heterocycles. The van der Waals surface area contributed by atoms with Crippen molar-refractivity contribution in [3.63, 3.8) is 0 Å². The maximum Gasteiger partial charge on any atom is 0.309 e. The third-order valence-corrected chi connectivity index (χ3v) is 10.9. The minimum Gasteiger partial charge on any atom is -0.459 e. The molecule has 4 nitrogen and oxygen atoms in total. The molecule has 1 fully saturated rings. The Balaban J connectivity index is 1.85. The number of hydrogen-bond acceptors (Lipinski definition) is 4. The smallest absolute Gasteiger partial charge is 0.309 e. The SMILES string of the molecule is C[C@H]1C[C@H]([C@H](O)CCO[Si](c2ccccc2)(c2ccccc2)C(C)(C)C)OC1=O. The van der Waals surface area contributed by atoms with Crippen molar-refractivity contribution in [2.45, 2.75) is 57.8 Å². The first-order valence-electron chi connectivity index (χ1n) is 10.4. The van der Waals surface area contributed by atoms with Crippen molar-refractivity contribution in [3.05, 3.63) is 60.7 Å². The average molecular weight is 413 g/mol. The highest BCUT2D eigenvalue weighted by Crippen LogP contribution is 2.37. The van der Waals surface area contributed by atoms with Crippen molar-refractivity contribution in [2.24, 2.45) is 5.92 Å². The Morgan fingerprint density at radius 3 is 2.00 bits per heavy atom. The van der Waals surface area contributed by atoms with Gasteiger partial charge >= 0.3 is 5.97 Å². The summed E-state index contributed by atoms with van der Waals surface area (Å²) in [6, 6.07) is 20.9. The Bertz CT molecular complexity index is 761. The summed E-state index contributed by atoms with van der Waals surface area (Å²) in [4.78, 5) is 11.7. The first-order valence-corrected chi connectivity index (χ1v) is 12.3. The van der Waals surface area contributed by atoms with Gasteiger partial charge < -0.3 is 14.3 Å². The first kappa shape index (κ1) is 21.7. The van der Waals surface area contributed by atoms with Crippen LogP contribution in [-0.4, -0.2) is 38.2 Å². The molecular formula is C24H32O4Si. The lowest BCUT2D eigenvalue weighted by atomic mass is 10.0. The second-order valence-corrected chi connectivity index (χ2v) is 13.3. The van der Waals surface area contributed by atoms with Crippen molar-refractivity contribution in [1.82, 2.24) is 0 Å². The van der Waals surface area contributed by atoms with Crippen LogP contribution in [-0.2, 0) is 14.0 Å². The lowest BCUT2D eigenvalue weighted by Crippen LogP contribution is -2.66. The summed E-state index contributed by atoms with van der Waals surface area (Å²) in [6.07, 6.45) is -0.128. The monoisotopic (exact) mass is 412 g/mol. The number of ether oxygens (including phenoxy) is 1. The zero-order valence-electron chi connectivity index (χ0n) is 17.8. The van der Waals surface area contributed by atoms with Gasteiger partial charge in [-0.25, -0.2) is 0 Å². The largest absolute Gasteiger partial charge is 0.459 e. The molecule has 0 bridgehead atoms. The molecule has 3 rings (SSSR count). The number of benzene rings is 2. The van der Waals surface area contributed by atoms with E-state index in [0.717, 1.165) is 0 Å². The molecular weight excluding hydrogens is 380 g/mol. The molecule has 156 valence electrons. The molecule has 5 heteroatoms. The molecule has 0 spiro atoms. The van der Waals surface area contributed by atoms with Gasteiger partial charge in [-0.05, 0) is 28.3 Å². The van der Waals surface area contributed by atoms with Gasteiger partial charge in [0.2, 0.25) is 0 Å². The number of carbonyl (C=O) groups excluding carboxylic acids is 1. The third-order valence-electron chi connectivity index (χ3n) is 5.83. The Morgan fingerprint density at radius 2 is 1.59 bits per heavy atom. The first-order chi connectivity index (χ1) is 13.8. The van der Waals surface area contributed by atoms with E-state index in [4.69, 9.17) is 9.16 Å². The van der Waals surface area contributed by atoms with Crippen LogP contribution in [0.25, 0.3) is 0 Å². The Hall–Kier alpha value is -1.95. The van der Waals surface area contributed by atoms with Crippen molar-refractivity contribution in [3.8, 4) is 0 Å². The minimum absolute atomic E-state index is 0.102. The number of cyclic esters (lactones) is 1. The summed E-state index contributed by atoms with van der Waals surface area (Å²) in [5.74, 6) is -0.366. The van der Waals surface area contributed by atoms with E-state index < -0.39 is 20.5 Å². The number of hydrogen-bond donors (Lipinski definition) is 1. The molecule has 0 saturated carbocycles. The minimum atomic E-state index is -2.60. The predicted octanol–water partition coefficient (Wildman–Crippen LogP) is 3.27. The van der Waals surface area contributed by atoms with Crippen molar-refractivity contribution >= 4 is 24.7 Å². The number of aliphatic hydroxyl groups excluding tert-OH is 1. The molecule has 2 aromatic rings. The van der Waals surface area contributed by atoms with Gasteiger partial charge in [0.1, 0.15) is 6.10 Å². The van der Waals surface area contributed by atoms with Crippen LogP contribution in [0.2, 0.25) is 5.04 Å². The van der Waals surface area contributed by atoms with Crippen molar-refractivity contribution in [2.75, 3.05) is 6.61 Å². The van der Waals surface area contributed by atoms with E-state index in [1.165, 1.54) is 10.4 Å². The summed E-state index contributed by atoms with van der Waals surface area (Å²) in [5, 5.41) is 12.9. The molecule has 1 aliphatic rings. The maximum atomic E-state index is 11.7. The van der Waals surface area contributed by atoms with Crippen LogP contribution in [0.3, 0.4) is 0 Å². The van der Waals surface area contributed by atoms with Crippen LogP contribution in [0.15, 0.2) is 60.7 Å². The quantitative estimate of drug-likeness (QED) is 0.560. The molecule has 29 heavy (non-hydrogen) atoms. The molecule has 0 aromatic heterocycles. The van der Waals surface area contributed by atoms with E-state index in [1.807, 2.05) is 19.1 Å². The summed E-state index contributed by atoms with van der Waals surface area (Å²) < 4.78 is 12.1. The normalized spacial score (nSPS) is 21.1. The zero-order valence-corrected chi connectivity index (χ0v) is 18.8. The topological polar surface area (TPSA) is 55.8 Å². The molecule has 1 aliphatic heterocycles. The van der Waals surface area contributed by atoms with E-state index in [-0.39, 0.29) is 16.9 Å². The van der Waals surface area contributed by atoms with Gasteiger partial charge in [0.05, 0.1) is 12.0 Å². The summed E-state index contributed by atoms with van der Waals surface area (Å²) >= 11 is 0. The van der Waals surface area contributed by atoms with Crippen LogP contribution in [0.4, 0.5) is 0 Å². The highest BCUT2D eigenvalue weighted by Gasteiger charge is 2.50. The number of carbonyl (C=O) groups is 1. The second kappa shape index (κ2) is 8.82. The van der Waals surface area contributed by atoms with Gasteiger partial charge in [0.15, 0.2) is 0 Å². The summed E-state index contributed by atoms with van der Waals surface area (Å²) in [6.45, 7) is 8.95. The summed E-state index contributed by atoms with van der Waals surface area (Å²) in [5.41, 5.74) is 0. The second-order valence-electron chi connectivity index (χ2n) is 8.98. The van der Waals surface area contributed by atoms with Gasteiger partial charge in [0, 0.05) is 6.61 Å². The van der Waals surface area contributed by atoms with Crippen LogP contribution in [0.1, 0.15) is 40.5 Å². The van der Waals surface area contributed by atoms with E-state index in [0.29, 0.717) is 19.4 Å². The van der Waals surface area contributed by atoms with Crippen molar-refractivity contribution in [1.29, 1.82) is 0 Å². The highest BCUT2D eigenvalue weighted by molar-refractivity contribution is 6.99. The number of esters is 1. The van der Waals surface area contributed by atoms with Crippen molar-refractivity contribution < 1.29 is 19.1 Å². The molecule has 1 N–H and O–H groups in total. The van der Waals surface area contributed by atoms with Gasteiger partial charge in [-0.2, -0.15) is 0 Å². The Kier molecular flexibility index (Phi) is 6.61. The van der Waals surface area contributed by atoms with Crippen LogP contribution in [0, 0.1) is 5.92 Å². The maximum absolute atomic E-state index is 11.7. The van der Waals surface area contributed by atoms with Crippen LogP contribution < -0.4 is 10.4 Å². The predicted molar refractivity (Wildman–Crippen MR) is 118 cm³/mol. The van der Waals surface area contributed by atoms with Gasteiger partial charge in [-0.1, -0.05) is 88.4 Å². The van der Waals surface area contributed by atoms with Crippen LogP contribution in [0.5, 0.6) is 0 Å². The standard InChI is InChI=1S/C24H32O4Si/c1-18-17-22(28-23(18)26)21(25)15-16-27-29(24(2,3)4,19-11-7-5-8-12-19)20-13-9-6-10-14-20/h5-14,18,21-22,25H,15-17H2,1-4H3/t18-,21+,22+/m0/s1. The van der Waals surface area contributed by atoms with Gasteiger partial charge in [-0.3, -0.25) is 4.79 Å². The molecule has 0 radical (unpaired) electrons. The number of aliphatic hydroxyl groups is 1. The summed E-state index contributed by atoms with van der Waals surface area (Å²) in [7, 11) is -2.60. The van der Waals surface area contributed by atoms with Gasteiger partial charge in [0.25, 0.3) is 8.32 Å². The third kappa shape index (κ3) is 4.47. The van der Waals surface area contributed by atoms with E-state index >= 15 is 0 Å². The Morgan fingerprint density at radius 1 is 1.07 bits per heavy atom. The molecule has 0 aliphatic carbocycles. The molecule has 2 aromatic carbocycles. The van der Waals surface area contributed by atoms with E-state index in [1.54, 1.807) is 0 Å². The van der Waals surface area contributed by atoms with Gasteiger partial charge in [-0.15, -0.1) is 0 Å². The molecule has 0 amide bonds. The molecule has 0 unspecified atom stereocenters. The Labute approximate surface area is 175 Å². The average Bonchev–Trinajstić information content (AvgIpc) is 3.04. The lowest BCUT2D eigenvalue weighted by molar-refractivity contribution is -0.147. The highest BCUT2D eigenvalue weighted by atomic mass is 28.4. The van der Waals surface area contributed by atoms with Crippen LogP contribution >= 0.6 is 0 Å². The lowest BCUT2D eigenvalue weighted by Gasteiger charge is -2.43. The fourth-order valence-electron chi connectivity index (χ4n) is 4.27. The van der Waals surface area contributed by atoms with E-state index in [9.17, 15) is 9.90 Å². The fraction of sp³-hybridized carbons (Fsp3) is 0.458. The zero-order chi connectivity index (χ0) is 21.1. The molecule has 1 saturated heterocycles. The molecule has 3 atom stereocenters. The fourth-order valence-corrected chi connectivity index (χ4v) is 8.85.